The number of methoxy groups -OCH3 is 1. The van der Waals surface area contributed by atoms with E-state index in [4.69, 9.17) is 4.74 Å². The number of hydrogen-bond acceptors (Lipinski definition) is 4. The van der Waals surface area contributed by atoms with Crippen molar-refractivity contribution in [1.29, 1.82) is 0 Å². The second kappa shape index (κ2) is 9.07. The summed E-state index contributed by atoms with van der Waals surface area (Å²) >= 11 is 1.44. The predicted molar refractivity (Wildman–Crippen MR) is 86.5 cm³/mol. The van der Waals surface area contributed by atoms with Gasteiger partial charge in [0.05, 0.1) is 7.11 Å². The van der Waals surface area contributed by atoms with Crippen molar-refractivity contribution in [1.82, 2.24) is 4.90 Å². The van der Waals surface area contributed by atoms with Crippen LogP contribution < -0.4 is 10.1 Å². The number of benzene rings is 1. The number of rotatable bonds is 7. The number of anilines is 1. The van der Waals surface area contributed by atoms with Gasteiger partial charge in [0.2, 0.25) is 11.8 Å². The second-order valence-corrected chi connectivity index (χ2v) is 4.91. The summed E-state index contributed by atoms with van der Waals surface area (Å²) in [5.41, 5.74) is 0.641. The summed E-state index contributed by atoms with van der Waals surface area (Å²) in [5.74, 6) is 0.253. The van der Waals surface area contributed by atoms with Gasteiger partial charge < -0.3 is 15.0 Å². The van der Waals surface area contributed by atoms with Gasteiger partial charge in [-0.1, -0.05) is 6.07 Å². The van der Waals surface area contributed by atoms with E-state index in [1.165, 1.54) is 22.7 Å². The minimum Gasteiger partial charge on any atom is -0.497 e. The predicted octanol–water partition coefficient (Wildman–Crippen LogP) is 2.36. The number of amides is 2. The Kier molecular flexibility index (Phi) is 7.39. The molecule has 6 heteroatoms. The Balaban J connectivity index is 2.62. The van der Waals surface area contributed by atoms with Crippen molar-refractivity contribution >= 4 is 29.3 Å². The molecule has 0 atom stereocenters. The Bertz CT molecular complexity index is 517. The summed E-state index contributed by atoms with van der Waals surface area (Å²) in [6.07, 6.45) is 3.34. The highest BCUT2D eigenvalue weighted by molar-refractivity contribution is 8.01. The molecule has 0 aliphatic rings. The van der Waals surface area contributed by atoms with Crippen LogP contribution in [0, 0.1) is 0 Å². The maximum Gasteiger partial charge on any atom is 0.247 e. The van der Waals surface area contributed by atoms with Gasteiger partial charge in [0, 0.05) is 24.4 Å². The molecule has 0 spiro atoms. The average molecular weight is 308 g/mol. The lowest BCUT2D eigenvalue weighted by Crippen LogP contribution is -2.36. The Labute approximate surface area is 129 Å². The van der Waals surface area contributed by atoms with E-state index in [-0.39, 0.29) is 18.4 Å². The van der Waals surface area contributed by atoms with E-state index in [0.717, 1.165) is 0 Å². The number of carbonyl (C=O) groups excluding carboxylic acids is 2. The molecule has 0 aliphatic carbocycles. The van der Waals surface area contributed by atoms with Crippen molar-refractivity contribution < 1.29 is 14.3 Å². The van der Waals surface area contributed by atoms with Crippen LogP contribution in [0.1, 0.15) is 6.92 Å². The highest BCUT2D eigenvalue weighted by Gasteiger charge is 2.13. The van der Waals surface area contributed by atoms with E-state index >= 15 is 0 Å². The van der Waals surface area contributed by atoms with E-state index < -0.39 is 0 Å². The zero-order chi connectivity index (χ0) is 15.7. The van der Waals surface area contributed by atoms with Crippen LogP contribution in [-0.4, -0.2) is 43.2 Å². The van der Waals surface area contributed by atoms with E-state index in [9.17, 15) is 9.59 Å². The molecule has 0 aromatic heterocycles. The summed E-state index contributed by atoms with van der Waals surface area (Å²) in [6, 6.07) is 7.08. The van der Waals surface area contributed by atoms with Crippen LogP contribution in [0.3, 0.4) is 0 Å². The van der Waals surface area contributed by atoms with Gasteiger partial charge in [-0.2, -0.15) is 0 Å². The highest BCUT2D eigenvalue weighted by atomic mass is 32.2. The molecule has 0 unspecified atom stereocenters. The van der Waals surface area contributed by atoms with Gasteiger partial charge in [0.15, 0.2) is 0 Å². The lowest BCUT2D eigenvalue weighted by molar-refractivity contribution is -0.130. The summed E-state index contributed by atoms with van der Waals surface area (Å²) < 4.78 is 5.09. The highest BCUT2D eigenvalue weighted by Crippen LogP contribution is 2.16. The molecule has 1 aromatic carbocycles. The fourth-order valence-electron chi connectivity index (χ4n) is 1.65. The number of ether oxygens (including phenoxy) is 1. The smallest absolute Gasteiger partial charge is 0.247 e. The largest absolute Gasteiger partial charge is 0.497 e. The average Bonchev–Trinajstić information content (AvgIpc) is 2.50. The van der Waals surface area contributed by atoms with Crippen LogP contribution in [0.4, 0.5) is 5.69 Å². The lowest BCUT2D eigenvalue weighted by atomic mass is 10.3. The van der Waals surface area contributed by atoms with Gasteiger partial charge in [-0.25, -0.2) is 0 Å². The monoisotopic (exact) mass is 308 g/mol. The molecule has 5 nitrogen and oxygen atoms in total. The molecule has 1 rings (SSSR count). The number of likely N-dealkylation sites (N-methyl/N-ethyl adjacent to an activating group) is 1. The lowest BCUT2D eigenvalue weighted by Gasteiger charge is -2.18. The molecule has 0 bridgehead atoms. The van der Waals surface area contributed by atoms with Gasteiger partial charge in [-0.15, -0.1) is 11.8 Å². The van der Waals surface area contributed by atoms with Crippen LogP contribution in [0.5, 0.6) is 5.75 Å². The Morgan fingerprint density at radius 3 is 2.81 bits per heavy atom. The number of nitrogens with zero attached hydrogens (tertiary/aromatic N) is 1. The molecular formula is C15H20N2O3S. The molecule has 0 saturated heterocycles. The second-order valence-electron chi connectivity index (χ2n) is 4.17. The minimum absolute atomic E-state index is 0.0191. The molecule has 2 amide bonds. The molecule has 114 valence electrons. The Hall–Kier alpha value is -1.95. The fourth-order valence-corrected chi connectivity index (χ4v) is 1.90. The number of hydrogen-bond donors (Lipinski definition) is 1. The van der Waals surface area contributed by atoms with Crippen LogP contribution in [0.15, 0.2) is 35.7 Å². The van der Waals surface area contributed by atoms with Gasteiger partial charge in [-0.05, 0) is 30.7 Å². The third kappa shape index (κ3) is 5.91. The first-order valence-corrected chi connectivity index (χ1v) is 7.81. The topological polar surface area (TPSA) is 58.6 Å². The molecule has 0 heterocycles. The van der Waals surface area contributed by atoms with Gasteiger partial charge >= 0.3 is 0 Å². The van der Waals surface area contributed by atoms with Gasteiger partial charge in [-0.3, -0.25) is 9.59 Å². The van der Waals surface area contributed by atoms with E-state index in [1.807, 2.05) is 13.2 Å². The van der Waals surface area contributed by atoms with Crippen LogP contribution in [0.2, 0.25) is 0 Å². The minimum atomic E-state index is -0.240. The van der Waals surface area contributed by atoms with Crippen molar-refractivity contribution in [2.24, 2.45) is 0 Å². The van der Waals surface area contributed by atoms with Crippen LogP contribution in [-0.2, 0) is 9.59 Å². The van der Waals surface area contributed by atoms with Crippen LogP contribution in [0.25, 0.3) is 0 Å². The van der Waals surface area contributed by atoms with E-state index in [0.29, 0.717) is 18.0 Å². The standard InChI is InChI=1S/C15H20N2O3S/c1-4-17(15(19)8-9-21-3)11-14(18)16-12-6-5-7-13(10-12)20-2/h5-10H,4,11H2,1-3H3,(H,16,18)/b9-8+. The third-order valence-electron chi connectivity index (χ3n) is 2.73. The molecular weight excluding hydrogens is 288 g/mol. The van der Waals surface area contributed by atoms with Crippen molar-refractivity contribution in [2.75, 3.05) is 31.8 Å². The van der Waals surface area contributed by atoms with E-state index in [2.05, 4.69) is 5.32 Å². The molecule has 1 N–H and O–H groups in total. The number of carbonyl (C=O) groups is 2. The molecule has 0 fully saturated rings. The van der Waals surface area contributed by atoms with Crippen LogP contribution >= 0.6 is 11.8 Å². The maximum absolute atomic E-state index is 12.0. The molecule has 21 heavy (non-hydrogen) atoms. The molecule has 0 radical (unpaired) electrons. The quantitative estimate of drug-likeness (QED) is 0.786. The Morgan fingerprint density at radius 2 is 2.19 bits per heavy atom. The third-order valence-corrected chi connectivity index (χ3v) is 3.14. The zero-order valence-corrected chi connectivity index (χ0v) is 13.3. The first-order valence-electron chi connectivity index (χ1n) is 6.52. The van der Waals surface area contributed by atoms with Crippen molar-refractivity contribution in [3.05, 3.63) is 35.7 Å². The molecule has 0 aliphatic heterocycles. The Morgan fingerprint density at radius 1 is 1.43 bits per heavy atom. The molecule has 0 saturated carbocycles. The van der Waals surface area contributed by atoms with Crippen molar-refractivity contribution in [3.8, 4) is 5.75 Å². The summed E-state index contributed by atoms with van der Waals surface area (Å²) in [6.45, 7) is 2.33. The molecule has 1 aromatic rings. The van der Waals surface area contributed by atoms with E-state index in [1.54, 1.807) is 36.8 Å². The van der Waals surface area contributed by atoms with Gasteiger partial charge in [0.1, 0.15) is 12.3 Å². The van der Waals surface area contributed by atoms with Crippen molar-refractivity contribution in [3.63, 3.8) is 0 Å². The fraction of sp³-hybridized carbons (Fsp3) is 0.333. The number of thioether (sulfide) groups is 1. The normalized spacial score (nSPS) is 10.4. The zero-order valence-electron chi connectivity index (χ0n) is 12.5. The maximum atomic E-state index is 12.0. The summed E-state index contributed by atoms with van der Waals surface area (Å²) in [7, 11) is 1.57. The summed E-state index contributed by atoms with van der Waals surface area (Å²) in [5, 5.41) is 4.45. The number of nitrogens with one attached hydrogen (secondary N) is 1. The van der Waals surface area contributed by atoms with Gasteiger partial charge in [0.25, 0.3) is 0 Å². The van der Waals surface area contributed by atoms with Crippen molar-refractivity contribution in [2.45, 2.75) is 6.92 Å². The first kappa shape index (κ1) is 17.1. The first-order chi connectivity index (χ1) is 10.1. The summed E-state index contributed by atoms with van der Waals surface area (Å²) in [4.78, 5) is 25.3. The SMILES string of the molecule is CCN(CC(=O)Nc1cccc(OC)c1)C(=O)/C=C/SC.